The molecule has 17 heavy (non-hydrogen) atoms. The van der Waals surface area contributed by atoms with Crippen LogP contribution in [-0.4, -0.2) is 16.2 Å². The SMILES string of the molecule is O=C(O)NCc1ccc(-c2cccnc2)cc1. The van der Waals surface area contributed by atoms with E-state index in [1.165, 1.54) is 0 Å². The maximum absolute atomic E-state index is 10.3. The summed E-state index contributed by atoms with van der Waals surface area (Å²) < 4.78 is 0. The third kappa shape index (κ3) is 3.04. The van der Waals surface area contributed by atoms with Crippen LogP contribution in [0, 0.1) is 0 Å². The molecule has 0 saturated carbocycles. The molecule has 1 aromatic carbocycles. The van der Waals surface area contributed by atoms with Crippen molar-refractivity contribution in [3.63, 3.8) is 0 Å². The number of rotatable bonds is 3. The van der Waals surface area contributed by atoms with Crippen LogP contribution < -0.4 is 5.32 Å². The largest absolute Gasteiger partial charge is 0.465 e. The standard InChI is InChI=1S/C13H12N2O2/c16-13(17)15-8-10-3-5-11(6-4-10)12-2-1-7-14-9-12/h1-7,9,15H,8H2,(H,16,17). The second kappa shape index (κ2) is 5.12. The van der Waals surface area contributed by atoms with E-state index in [-0.39, 0.29) is 0 Å². The van der Waals surface area contributed by atoms with Crippen LogP contribution in [0.5, 0.6) is 0 Å². The van der Waals surface area contributed by atoms with Crippen LogP contribution in [-0.2, 0) is 6.54 Å². The van der Waals surface area contributed by atoms with Crippen LogP contribution in [0.15, 0.2) is 48.8 Å². The number of hydrogen-bond donors (Lipinski definition) is 2. The smallest absolute Gasteiger partial charge is 0.404 e. The molecular formula is C13H12N2O2. The van der Waals surface area contributed by atoms with Crippen LogP contribution in [0.25, 0.3) is 11.1 Å². The molecule has 0 spiro atoms. The van der Waals surface area contributed by atoms with E-state index in [1.807, 2.05) is 36.4 Å². The number of nitrogens with zero attached hydrogens (tertiary/aromatic N) is 1. The molecule has 0 unspecified atom stereocenters. The normalized spacial score (nSPS) is 9.88. The number of pyridine rings is 1. The molecule has 0 fully saturated rings. The van der Waals surface area contributed by atoms with Gasteiger partial charge in [-0.15, -0.1) is 0 Å². The lowest BCUT2D eigenvalue weighted by Crippen LogP contribution is -2.19. The van der Waals surface area contributed by atoms with Gasteiger partial charge in [0.2, 0.25) is 0 Å². The zero-order valence-electron chi connectivity index (χ0n) is 9.13. The van der Waals surface area contributed by atoms with Crippen molar-refractivity contribution in [2.75, 3.05) is 0 Å². The fraction of sp³-hybridized carbons (Fsp3) is 0.0769. The second-order valence-corrected chi connectivity index (χ2v) is 3.60. The summed E-state index contributed by atoms with van der Waals surface area (Å²) >= 11 is 0. The number of benzene rings is 1. The van der Waals surface area contributed by atoms with Crippen molar-refractivity contribution < 1.29 is 9.90 Å². The van der Waals surface area contributed by atoms with Crippen LogP contribution in [0.4, 0.5) is 4.79 Å². The third-order valence-electron chi connectivity index (χ3n) is 2.39. The summed E-state index contributed by atoms with van der Waals surface area (Å²) in [6, 6.07) is 11.6. The molecule has 2 rings (SSSR count). The Morgan fingerprint density at radius 1 is 1.18 bits per heavy atom. The Hall–Kier alpha value is -2.36. The molecule has 0 aliphatic rings. The van der Waals surface area contributed by atoms with Gasteiger partial charge in [-0.1, -0.05) is 30.3 Å². The lowest BCUT2D eigenvalue weighted by atomic mass is 10.1. The summed E-state index contributed by atoms with van der Waals surface area (Å²) in [7, 11) is 0. The summed E-state index contributed by atoms with van der Waals surface area (Å²) in [5, 5.41) is 10.8. The first-order chi connectivity index (χ1) is 8.25. The van der Waals surface area contributed by atoms with Crippen molar-refractivity contribution in [1.29, 1.82) is 0 Å². The maximum atomic E-state index is 10.3. The molecular weight excluding hydrogens is 216 g/mol. The highest BCUT2D eigenvalue weighted by Crippen LogP contribution is 2.18. The van der Waals surface area contributed by atoms with Gasteiger partial charge in [-0.05, 0) is 22.8 Å². The quantitative estimate of drug-likeness (QED) is 0.848. The number of aromatic nitrogens is 1. The average molecular weight is 228 g/mol. The molecule has 0 atom stereocenters. The highest BCUT2D eigenvalue weighted by atomic mass is 16.4. The molecule has 1 aromatic heterocycles. The number of hydrogen-bond acceptors (Lipinski definition) is 2. The van der Waals surface area contributed by atoms with E-state index >= 15 is 0 Å². The van der Waals surface area contributed by atoms with Gasteiger partial charge in [0.1, 0.15) is 0 Å². The van der Waals surface area contributed by atoms with E-state index in [2.05, 4.69) is 10.3 Å². The highest BCUT2D eigenvalue weighted by molar-refractivity contribution is 5.65. The first-order valence-electron chi connectivity index (χ1n) is 5.22. The zero-order valence-corrected chi connectivity index (χ0v) is 9.13. The summed E-state index contributed by atoms with van der Waals surface area (Å²) in [6.45, 7) is 0.322. The molecule has 1 amide bonds. The number of nitrogens with one attached hydrogen (secondary N) is 1. The van der Waals surface area contributed by atoms with Crippen molar-refractivity contribution in [3.8, 4) is 11.1 Å². The minimum atomic E-state index is -1.01. The predicted molar refractivity (Wildman–Crippen MR) is 64.5 cm³/mol. The Morgan fingerprint density at radius 3 is 2.53 bits per heavy atom. The van der Waals surface area contributed by atoms with Crippen molar-refractivity contribution in [2.45, 2.75) is 6.54 Å². The molecule has 86 valence electrons. The van der Waals surface area contributed by atoms with Crippen LogP contribution in [0.1, 0.15) is 5.56 Å². The maximum Gasteiger partial charge on any atom is 0.404 e. The number of amides is 1. The first-order valence-corrected chi connectivity index (χ1v) is 5.22. The van der Waals surface area contributed by atoms with Gasteiger partial charge in [0.05, 0.1) is 0 Å². The number of carbonyl (C=O) groups is 1. The van der Waals surface area contributed by atoms with Gasteiger partial charge in [-0.25, -0.2) is 4.79 Å². The highest BCUT2D eigenvalue weighted by Gasteiger charge is 1.99. The van der Waals surface area contributed by atoms with Gasteiger partial charge in [-0.3, -0.25) is 4.98 Å². The molecule has 0 aliphatic heterocycles. The van der Waals surface area contributed by atoms with Crippen molar-refractivity contribution in [1.82, 2.24) is 10.3 Å². The molecule has 4 heteroatoms. The molecule has 0 bridgehead atoms. The van der Waals surface area contributed by atoms with E-state index < -0.39 is 6.09 Å². The van der Waals surface area contributed by atoms with Gasteiger partial charge >= 0.3 is 6.09 Å². The topological polar surface area (TPSA) is 62.2 Å². The molecule has 0 aliphatic carbocycles. The summed E-state index contributed by atoms with van der Waals surface area (Å²) in [6.07, 6.45) is 2.51. The van der Waals surface area contributed by atoms with E-state index in [9.17, 15) is 4.79 Å². The van der Waals surface area contributed by atoms with E-state index in [4.69, 9.17) is 5.11 Å². The van der Waals surface area contributed by atoms with Crippen molar-refractivity contribution in [3.05, 3.63) is 54.4 Å². The lowest BCUT2D eigenvalue weighted by Gasteiger charge is -2.04. The van der Waals surface area contributed by atoms with Gasteiger partial charge in [-0.2, -0.15) is 0 Å². The van der Waals surface area contributed by atoms with E-state index in [0.717, 1.165) is 16.7 Å². The van der Waals surface area contributed by atoms with Gasteiger partial charge in [0, 0.05) is 18.9 Å². The lowest BCUT2D eigenvalue weighted by molar-refractivity contribution is 0.194. The molecule has 2 N–H and O–H groups in total. The van der Waals surface area contributed by atoms with Gasteiger partial charge < -0.3 is 10.4 Å². The monoisotopic (exact) mass is 228 g/mol. The molecule has 0 saturated heterocycles. The summed E-state index contributed by atoms with van der Waals surface area (Å²) in [5.74, 6) is 0. The van der Waals surface area contributed by atoms with Crippen molar-refractivity contribution in [2.24, 2.45) is 0 Å². The zero-order chi connectivity index (χ0) is 12.1. The Bertz CT molecular complexity index is 495. The Balaban J connectivity index is 2.11. The average Bonchev–Trinajstić information content (AvgIpc) is 2.38. The van der Waals surface area contributed by atoms with Gasteiger partial charge in [0.25, 0.3) is 0 Å². The number of carboxylic acid groups (broad SMARTS) is 1. The fourth-order valence-corrected chi connectivity index (χ4v) is 1.53. The van der Waals surface area contributed by atoms with E-state index in [0.29, 0.717) is 6.54 Å². The Kier molecular flexibility index (Phi) is 3.35. The second-order valence-electron chi connectivity index (χ2n) is 3.60. The minimum Gasteiger partial charge on any atom is -0.465 e. The van der Waals surface area contributed by atoms with Crippen LogP contribution in [0.2, 0.25) is 0 Å². The summed E-state index contributed by atoms with van der Waals surface area (Å²) in [4.78, 5) is 14.4. The van der Waals surface area contributed by atoms with Crippen LogP contribution >= 0.6 is 0 Å². The minimum absolute atomic E-state index is 0.322. The fourth-order valence-electron chi connectivity index (χ4n) is 1.53. The Morgan fingerprint density at radius 2 is 1.94 bits per heavy atom. The molecule has 2 aromatic rings. The molecule has 4 nitrogen and oxygen atoms in total. The third-order valence-corrected chi connectivity index (χ3v) is 2.39. The van der Waals surface area contributed by atoms with Crippen LogP contribution in [0.3, 0.4) is 0 Å². The van der Waals surface area contributed by atoms with Crippen molar-refractivity contribution >= 4 is 6.09 Å². The first kappa shape index (κ1) is 11.1. The molecule has 1 heterocycles. The van der Waals surface area contributed by atoms with E-state index in [1.54, 1.807) is 12.4 Å². The molecule has 0 radical (unpaired) electrons. The Labute approximate surface area is 98.9 Å². The predicted octanol–water partition coefficient (Wildman–Crippen LogP) is 2.52. The van der Waals surface area contributed by atoms with Gasteiger partial charge in [0.15, 0.2) is 0 Å². The summed E-state index contributed by atoms with van der Waals surface area (Å²) in [5.41, 5.74) is 3.04.